The fourth-order valence-electron chi connectivity index (χ4n) is 1.83. The molecule has 7 nitrogen and oxygen atoms in total. The lowest BCUT2D eigenvalue weighted by Crippen LogP contribution is -2.12. The number of anilines is 1. The molecule has 1 aromatic heterocycles. The summed E-state index contributed by atoms with van der Waals surface area (Å²) in [6, 6.07) is 3.15. The van der Waals surface area contributed by atoms with Crippen LogP contribution in [-0.4, -0.2) is 43.2 Å². The number of carbonyl (C=O) groups excluding carboxylic acids is 1. The van der Waals surface area contributed by atoms with Crippen molar-refractivity contribution in [3.63, 3.8) is 0 Å². The maximum absolute atomic E-state index is 12.4. The Balaban J connectivity index is 2.20. The molecule has 2 rings (SSSR count). The second-order valence-electron chi connectivity index (χ2n) is 4.34. The maximum Gasteiger partial charge on any atom is 0.257 e. The molecule has 1 N–H and O–H groups in total. The first kappa shape index (κ1) is 18.1. The largest absolute Gasteiger partial charge is 0.493 e. The van der Waals surface area contributed by atoms with E-state index < -0.39 is 0 Å². The van der Waals surface area contributed by atoms with Gasteiger partial charge in [-0.05, 0) is 12.1 Å². The van der Waals surface area contributed by atoms with Crippen LogP contribution in [0.5, 0.6) is 17.2 Å². The molecule has 0 atom stereocenters. The smallest absolute Gasteiger partial charge is 0.257 e. The highest BCUT2D eigenvalue weighted by atomic mass is 32.2. The van der Waals surface area contributed by atoms with Crippen molar-refractivity contribution < 1.29 is 19.0 Å². The third kappa shape index (κ3) is 4.18. The molecule has 0 aliphatic heterocycles. The van der Waals surface area contributed by atoms with Crippen LogP contribution in [0.4, 0.5) is 5.13 Å². The zero-order valence-corrected chi connectivity index (χ0v) is 15.1. The minimum absolute atomic E-state index is 0.342. The second kappa shape index (κ2) is 8.55. The molecule has 1 amide bonds. The molecule has 0 saturated heterocycles. The number of aromatic nitrogens is 2. The van der Waals surface area contributed by atoms with Gasteiger partial charge in [-0.15, -0.1) is 16.8 Å². The summed E-state index contributed by atoms with van der Waals surface area (Å²) in [5, 5.41) is 11.1. The fraction of sp³-hybridized carbons (Fsp3) is 0.267. The lowest BCUT2D eigenvalue weighted by Gasteiger charge is -2.13. The van der Waals surface area contributed by atoms with E-state index in [4.69, 9.17) is 14.2 Å². The van der Waals surface area contributed by atoms with Gasteiger partial charge in [0.1, 0.15) is 0 Å². The average molecular weight is 367 g/mol. The number of nitrogens with one attached hydrogen (secondary N) is 1. The Kier molecular flexibility index (Phi) is 6.44. The predicted molar refractivity (Wildman–Crippen MR) is 94.9 cm³/mol. The van der Waals surface area contributed by atoms with Crippen LogP contribution in [0.25, 0.3) is 0 Å². The summed E-state index contributed by atoms with van der Waals surface area (Å²) in [5.74, 6) is 1.62. The molecule has 1 aromatic carbocycles. The standard InChI is InChI=1S/C15H17N3O4S2/c1-5-6-23-15-18-17-14(24-15)16-13(19)9-7-10(20-2)12(22-4)11(8-9)21-3/h5,7-8H,1,6H2,2-4H3,(H,16,17,19). The number of carbonyl (C=O) groups is 1. The quantitative estimate of drug-likeness (QED) is 0.436. The monoisotopic (exact) mass is 367 g/mol. The number of hydrogen-bond donors (Lipinski definition) is 1. The Morgan fingerprint density at radius 2 is 1.92 bits per heavy atom. The molecular weight excluding hydrogens is 350 g/mol. The number of methoxy groups -OCH3 is 3. The van der Waals surface area contributed by atoms with Gasteiger partial charge >= 0.3 is 0 Å². The van der Waals surface area contributed by atoms with Gasteiger partial charge in [0, 0.05) is 11.3 Å². The molecule has 2 aromatic rings. The normalized spacial score (nSPS) is 10.1. The van der Waals surface area contributed by atoms with E-state index in [2.05, 4.69) is 22.1 Å². The van der Waals surface area contributed by atoms with E-state index in [1.807, 2.05) is 0 Å². The number of thioether (sulfide) groups is 1. The lowest BCUT2D eigenvalue weighted by atomic mass is 10.1. The topological polar surface area (TPSA) is 82.6 Å². The first-order chi connectivity index (χ1) is 11.6. The van der Waals surface area contributed by atoms with Crippen molar-refractivity contribution in [2.24, 2.45) is 0 Å². The van der Waals surface area contributed by atoms with Crippen molar-refractivity contribution in [2.45, 2.75) is 4.34 Å². The summed E-state index contributed by atoms with van der Waals surface area (Å²) in [6.07, 6.45) is 1.78. The van der Waals surface area contributed by atoms with Crippen LogP contribution >= 0.6 is 23.1 Å². The molecule has 0 spiro atoms. The second-order valence-corrected chi connectivity index (χ2v) is 6.59. The number of rotatable bonds is 8. The van der Waals surface area contributed by atoms with Crippen molar-refractivity contribution in [1.82, 2.24) is 10.2 Å². The molecule has 0 bridgehead atoms. The number of ether oxygens (including phenoxy) is 3. The van der Waals surface area contributed by atoms with Gasteiger partial charge in [0.2, 0.25) is 10.9 Å². The SMILES string of the molecule is C=CCSc1nnc(NC(=O)c2cc(OC)c(OC)c(OC)c2)s1. The number of hydrogen-bond acceptors (Lipinski definition) is 8. The first-order valence-corrected chi connectivity index (χ1v) is 8.61. The van der Waals surface area contributed by atoms with Crippen LogP contribution in [0.3, 0.4) is 0 Å². The Morgan fingerprint density at radius 1 is 1.25 bits per heavy atom. The summed E-state index contributed by atoms with van der Waals surface area (Å²) in [4.78, 5) is 12.4. The van der Waals surface area contributed by atoms with Crippen LogP contribution in [-0.2, 0) is 0 Å². The van der Waals surface area contributed by atoms with Crippen molar-refractivity contribution >= 4 is 34.1 Å². The average Bonchev–Trinajstić information content (AvgIpc) is 3.05. The van der Waals surface area contributed by atoms with Gasteiger partial charge in [-0.3, -0.25) is 10.1 Å². The third-order valence-corrected chi connectivity index (χ3v) is 4.85. The summed E-state index contributed by atoms with van der Waals surface area (Å²) < 4.78 is 16.5. The zero-order valence-electron chi connectivity index (χ0n) is 13.5. The van der Waals surface area contributed by atoms with E-state index in [-0.39, 0.29) is 5.91 Å². The number of amides is 1. The number of nitrogens with zero attached hydrogens (tertiary/aromatic N) is 2. The highest BCUT2D eigenvalue weighted by Gasteiger charge is 2.18. The van der Waals surface area contributed by atoms with Crippen molar-refractivity contribution in [3.05, 3.63) is 30.4 Å². The molecule has 24 heavy (non-hydrogen) atoms. The predicted octanol–water partition coefficient (Wildman–Crippen LogP) is 3.09. The van der Waals surface area contributed by atoms with Gasteiger partial charge < -0.3 is 14.2 Å². The summed E-state index contributed by atoms with van der Waals surface area (Å²) in [6.45, 7) is 3.65. The minimum atomic E-state index is -0.342. The highest BCUT2D eigenvalue weighted by molar-refractivity contribution is 8.01. The minimum Gasteiger partial charge on any atom is -0.493 e. The molecule has 0 unspecified atom stereocenters. The van der Waals surface area contributed by atoms with Crippen molar-refractivity contribution in [2.75, 3.05) is 32.4 Å². The van der Waals surface area contributed by atoms with Gasteiger partial charge in [-0.25, -0.2) is 0 Å². The molecule has 0 aliphatic rings. The molecule has 128 valence electrons. The molecule has 0 aliphatic carbocycles. The van der Waals surface area contributed by atoms with E-state index in [9.17, 15) is 4.79 Å². The van der Waals surface area contributed by atoms with E-state index in [1.54, 1.807) is 18.2 Å². The van der Waals surface area contributed by atoms with Gasteiger partial charge in [0.25, 0.3) is 5.91 Å². The number of benzene rings is 1. The van der Waals surface area contributed by atoms with E-state index >= 15 is 0 Å². The third-order valence-electron chi connectivity index (χ3n) is 2.88. The summed E-state index contributed by atoms with van der Waals surface area (Å²) in [7, 11) is 4.49. The van der Waals surface area contributed by atoms with Crippen LogP contribution in [0, 0.1) is 0 Å². The molecular formula is C15H17N3O4S2. The van der Waals surface area contributed by atoms with Crippen LogP contribution in [0.15, 0.2) is 29.1 Å². The lowest BCUT2D eigenvalue weighted by molar-refractivity contribution is 0.102. The van der Waals surface area contributed by atoms with Crippen LogP contribution in [0.2, 0.25) is 0 Å². The zero-order chi connectivity index (χ0) is 17.5. The van der Waals surface area contributed by atoms with Crippen molar-refractivity contribution in [3.8, 4) is 17.2 Å². The van der Waals surface area contributed by atoms with Crippen molar-refractivity contribution in [1.29, 1.82) is 0 Å². The van der Waals surface area contributed by atoms with Crippen LogP contribution < -0.4 is 19.5 Å². The Labute approximate surface area is 148 Å². The Hall–Kier alpha value is -2.26. The van der Waals surface area contributed by atoms with Gasteiger partial charge in [0.05, 0.1) is 21.3 Å². The molecule has 0 radical (unpaired) electrons. The fourth-order valence-corrected chi connectivity index (χ4v) is 3.34. The van der Waals surface area contributed by atoms with E-state index in [1.165, 1.54) is 44.4 Å². The van der Waals surface area contributed by atoms with Gasteiger partial charge in [-0.2, -0.15) is 0 Å². The Bertz CT molecular complexity index is 708. The van der Waals surface area contributed by atoms with E-state index in [0.29, 0.717) is 27.9 Å². The summed E-state index contributed by atoms with van der Waals surface area (Å²) >= 11 is 2.80. The van der Waals surface area contributed by atoms with Crippen LogP contribution in [0.1, 0.15) is 10.4 Å². The highest BCUT2D eigenvalue weighted by Crippen LogP contribution is 2.38. The Morgan fingerprint density at radius 3 is 2.46 bits per heavy atom. The summed E-state index contributed by atoms with van der Waals surface area (Å²) in [5.41, 5.74) is 0.361. The molecule has 0 saturated carbocycles. The molecule has 9 heteroatoms. The maximum atomic E-state index is 12.4. The molecule has 0 fully saturated rings. The first-order valence-electron chi connectivity index (χ1n) is 6.81. The van der Waals surface area contributed by atoms with Gasteiger partial charge in [-0.1, -0.05) is 29.2 Å². The van der Waals surface area contributed by atoms with Gasteiger partial charge in [0.15, 0.2) is 15.8 Å². The molecule has 1 heterocycles. The van der Waals surface area contributed by atoms with E-state index in [0.717, 1.165) is 10.1 Å².